The molecular formula is C10H11NS2. The molecule has 0 unspecified atom stereocenters. The van der Waals surface area contributed by atoms with Gasteiger partial charge in [0.1, 0.15) is 0 Å². The summed E-state index contributed by atoms with van der Waals surface area (Å²) in [5, 5.41) is 3.30. The summed E-state index contributed by atoms with van der Waals surface area (Å²) in [6, 6.07) is 4.27. The van der Waals surface area contributed by atoms with Crippen LogP contribution in [0.25, 0.3) is 10.1 Å². The van der Waals surface area contributed by atoms with Crippen LogP contribution in [0.2, 0.25) is 0 Å². The third-order valence-corrected chi connectivity index (χ3v) is 3.70. The number of thiol groups is 1. The molecule has 3 heteroatoms. The van der Waals surface area contributed by atoms with Crippen molar-refractivity contribution in [3.05, 3.63) is 23.1 Å². The van der Waals surface area contributed by atoms with Gasteiger partial charge in [-0.05, 0) is 34.9 Å². The van der Waals surface area contributed by atoms with Gasteiger partial charge in [0.2, 0.25) is 0 Å². The first-order valence-electron chi connectivity index (χ1n) is 4.21. The van der Waals surface area contributed by atoms with Gasteiger partial charge in [0, 0.05) is 4.90 Å². The Kier molecular flexibility index (Phi) is 2.22. The summed E-state index contributed by atoms with van der Waals surface area (Å²) < 4.78 is 1.15. The van der Waals surface area contributed by atoms with E-state index in [0.29, 0.717) is 0 Å². The van der Waals surface area contributed by atoms with Gasteiger partial charge in [-0.1, -0.05) is 6.92 Å². The fourth-order valence-corrected chi connectivity index (χ4v) is 2.71. The Morgan fingerprint density at radius 1 is 1.54 bits per heavy atom. The maximum Gasteiger partial charge on any atom is 0.0633 e. The van der Waals surface area contributed by atoms with E-state index in [2.05, 4.69) is 37.1 Å². The van der Waals surface area contributed by atoms with Crippen molar-refractivity contribution in [2.45, 2.75) is 18.2 Å². The third kappa shape index (κ3) is 1.32. The van der Waals surface area contributed by atoms with Gasteiger partial charge in [0.25, 0.3) is 0 Å². The summed E-state index contributed by atoms with van der Waals surface area (Å²) in [5.74, 6) is 0. The number of benzene rings is 1. The van der Waals surface area contributed by atoms with Gasteiger partial charge in [-0.15, -0.1) is 24.0 Å². The minimum Gasteiger partial charge on any atom is -0.397 e. The maximum atomic E-state index is 5.97. The molecule has 0 aliphatic carbocycles. The van der Waals surface area contributed by atoms with Crippen molar-refractivity contribution in [1.82, 2.24) is 0 Å². The van der Waals surface area contributed by atoms with E-state index in [4.69, 9.17) is 5.73 Å². The predicted molar refractivity (Wildman–Crippen MR) is 62.9 cm³/mol. The number of nitrogen functional groups attached to an aromatic ring is 1. The zero-order chi connectivity index (χ0) is 9.42. The molecule has 0 fully saturated rings. The van der Waals surface area contributed by atoms with Gasteiger partial charge in [0.05, 0.1) is 10.4 Å². The molecule has 2 N–H and O–H groups in total. The van der Waals surface area contributed by atoms with Crippen molar-refractivity contribution in [3.63, 3.8) is 0 Å². The first-order chi connectivity index (χ1) is 6.24. The first kappa shape index (κ1) is 8.91. The van der Waals surface area contributed by atoms with Gasteiger partial charge in [-0.3, -0.25) is 0 Å². The molecule has 13 heavy (non-hydrogen) atoms. The van der Waals surface area contributed by atoms with E-state index in [1.165, 1.54) is 10.9 Å². The number of aryl methyl sites for hydroxylation is 1. The van der Waals surface area contributed by atoms with E-state index < -0.39 is 0 Å². The molecule has 0 atom stereocenters. The molecule has 0 aliphatic heterocycles. The van der Waals surface area contributed by atoms with Gasteiger partial charge in [0.15, 0.2) is 0 Å². The molecule has 0 saturated heterocycles. The summed E-state index contributed by atoms with van der Waals surface area (Å²) in [6.07, 6.45) is 0.981. The lowest BCUT2D eigenvalue weighted by molar-refractivity contribution is 1.10. The molecule has 1 aromatic heterocycles. The Labute approximate surface area is 87.0 Å². The van der Waals surface area contributed by atoms with Crippen LogP contribution in [0.4, 0.5) is 5.69 Å². The van der Waals surface area contributed by atoms with E-state index in [1.54, 1.807) is 11.3 Å². The van der Waals surface area contributed by atoms with Crippen LogP contribution in [-0.4, -0.2) is 0 Å². The highest BCUT2D eigenvalue weighted by molar-refractivity contribution is 7.80. The molecule has 0 amide bonds. The van der Waals surface area contributed by atoms with Crippen molar-refractivity contribution in [2.75, 3.05) is 5.73 Å². The highest BCUT2D eigenvalue weighted by Gasteiger charge is 2.07. The van der Waals surface area contributed by atoms with Crippen molar-refractivity contribution >= 4 is 39.7 Å². The average molecular weight is 209 g/mol. The monoisotopic (exact) mass is 209 g/mol. The lowest BCUT2D eigenvalue weighted by atomic mass is 10.1. The third-order valence-electron chi connectivity index (χ3n) is 2.21. The summed E-state index contributed by atoms with van der Waals surface area (Å²) in [5.41, 5.74) is 8.03. The average Bonchev–Trinajstić information content (AvgIpc) is 2.59. The second-order valence-corrected chi connectivity index (χ2v) is 4.35. The van der Waals surface area contributed by atoms with Crippen molar-refractivity contribution in [1.29, 1.82) is 0 Å². The molecule has 1 heterocycles. The van der Waals surface area contributed by atoms with Gasteiger partial charge < -0.3 is 5.73 Å². The van der Waals surface area contributed by atoms with E-state index in [9.17, 15) is 0 Å². The summed E-state index contributed by atoms with van der Waals surface area (Å²) in [4.78, 5) is 0.942. The van der Waals surface area contributed by atoms with Crippen LogP contribution in [0, 0.1) is 0 Å². The van der Waals surface area contributed by atoms with Crippen LogP contribution in [-0.2, 0) is 6.42 Å². The Hall–Kier alpha value is -0.670. The second kappa shape index (κ2) is 3.24. The topological polar surface area (TPSA) is 26.0 Å². The van der Waals surface area contributed by atoms with Crippen LogP contribution >= 0.6 is 24.0 Å². The lowest BCUT2D eigenvalue weighted by Crippen LogP contribution is -1.92. The normalized spacial score (nSPS) is 10.9. The smallest absolute Gasteiger partial charge is 0.0633 e. The highest BCUT2D eigenvalue weighted by atomic mass is 32.1. The molecule has 2 aromatic rings. The number of hydrogen-bond donors (Lipinski definition) is 2. The number of fused-ring (bicyclic) bond motifs is 1. The molecule has 1 aromatic carbocycles. The molecule has 0 aliphatic rings. The van der Waals surface area contributed by atoms with Gasteiger partial charge >= 0.3 is 0 Å². The van der Waals surface area contributed by atoms with E-state index >= 15 is 0 Å². The molecule has 0 saturated carbocycles. The molecule has 0 bridgehead atoms. The van der Waals surface area contributed by atoms with Crippen LogP contribution in [0.15, 0.2) is 22.4 Å². The standard InChI is InChI=1S/C10H11NS2/c1-2-6-5-7-3-4-13-10(7)8(11)9(6)12/h3-5,12H,2,11H2,1H3. The highest BCUT2D eigenvalue weighted by Crippen LogP contribution is 2.34. The van der Waals surface area contributed by atoms with E-state index in [1.807, 2.05) is 0 Å². The molecule has 0 spiro atoms. The zero-order valence-corrected chi connectivity index (χ0v) is 9.08. The van der Waals surface area contributed by atoms with Crippen molar-refractivity contribution < 1.29 is 0 Å². The Balaban J connectivity index is 2.83. The second-order valence-electron chi connectivity index (χ2n) is 2.99. The van der Waals surface area contributed by atoms with Crippen LogP contribution in [0.3, 0.4) is 0 Å². The number of nitrogens with two attached hydrogens (primary N) is 1. The lowest BCUT2D eigenvalue weighted by Gasteiger charge is -2.06. The quantitative estimate of drug-likeness (QED) is 0.547. The molecule has 0 radical (unpaired) electrons. The SMILES string of the molecule is CCc1cc2ccsc2c(N)c1S. The molecular weight excluding hydrogens is 198 g/mol. The molecule has 1 nitrogen and oxygen atoms in total. The Morgan fingerprint density at radius 2 is 2.31 bits per heavy atom. The van der Waals surface area contributed by atoms with Crippen LogP contribution < -0.4 is 5.73 Å². The molecule has 2 rings (SSSR count). The summed E-state index contributed by atoms with van der Waals surface area (Å²) in [6.45, 7) is 2.12. The zero-order valence-electron chi connectivity index (χ0n) is 7.37. The summed E-state index contributed by atoms with van der Waals surface area (Å²) in [7, 11) is 0. The number of thiophene rings is 1. The van der Waals surface area contributed by atoms with Gasteiger partial charge in [-0.2, -0.15) is 0 Å². The number of hydrogen-bond acceptors (Lipinski definition) is 3. The van der Waals surface area contributed by atoms with E-state index in [-0.39, 0.29) is 0 Å². The van der Waals surface area contributed by atoms with Crippen molar-refractivity contribution in [3.8, 4) is 0 Å². The number of rotatable bonds is 1. The van der Waals surface area contributed by atoms with Crippen LogP contribution in [0.1, 0.15) is 12.5 Å². The summed E-state index contributed by atoms with van der Waals surface area (Å²) >= 11 is 6.10. The number of anilines is 1. The fraction of sp³-hybridized carbons (Fsp3) is 0.200. The first-order valence-corrected chi connectivity index (χ1v) is 5.54. The maximum absolute atomic E-state index is 5.97. The Bertz CT molecular complexity index is 445. The predicted octanol–water partition coefficient (Wildman–Crippen LogP) is 3.33. The fourth-order valence-electron chi connectivity index (χ4n) is 1.46. The minimum absolute atomic E-state index is 0.827. The minimum atomic E-state index is 0.827. The van der Waals surface area contributed by atoms with Crippen LogP contribution in [0.5, 0.6) is 0 Å². The largest absolute Gasteiger partial charge is 0.397 e. The van der Waals surface area contributed by atoms with Gasteiger partial charge in [-0.25, -0.2) is 0 Å². The van der Waals surface area contributed by atoms with E-state index in [0.717, 1.165) is 21.7 Å². The molecule has 68 valence electrons. The van der Waals surface area contributed by atoms with Crippen molar-refractivity contribution in [2.24, 2.45) is 0 Å². The Morgan fingerprint density at radius 3 is 3.00 bits per heavy atom.